The lowest BCUT2D eigenvalue weighted by Gasteiger charge is -2.36. The van der Waals surface area contributed by atoms with E-state index in [1.54, 1.807) is 24.5 Å². The molecule has 1 amide bonds. The number of thioether (sulfide) groups is 1. The quantitative estimate of drug-likeness (QED) is 0.655. The number of aromatic nitrogens is 2. The number of phenols is 1. The molecule has 2 heterocycles. The molecule has 0 saturated carbocycles. The summed E-state index contributed by atoms with van der Waals surface area (Å²) in [4.78, 5) is 23.3. The van der Waals surface area contributed by atoms with Gasteiger partial charge >= 0.3 is 0 Å². The lowest BCUT2D eigenvalue weighted by Crippen LogP contribution is -2.44. The topological polar surface area (TPSA) is 66.3 Å². The van der Waals surface area contributed by atoms with Gasteiger partial charge in [-0.3, -0.25) is 4.79 Å². The predicted octanol–water partition coefficient (Wildman–Crippen LogP) is 3.53. The maximum Gasteiger partial charge on any atom is 0.257 e. The minimum atomic E-state index is 0.0306. The van der Waals surface area contributed by atoms with E-state index in [-0.39, 0.29) is 17.7 Å². The van der Waals surface area contributed by atoms with Crippen molar-refractivity contribution in [2.24, 2.45) is 0 Å². The number of rotatable bonds is 5. The Hall–Kier alpha value is -2.08. The summed E-state index contributed by atoms with van der Waals surface area (Å²) in [6.07, 6.45) is 10.3. The summed E-state index contributed by atoms with van der Waals surface area (Å²) in [7, 11) is 0. The first-order valence-electron chi connectivity index (χ1n) is 8.62. The van der Waals surface area contributed by atoms with Crippen LogP contribution in [0.4, 0.5) is 0 Å². The van der Waals surface area contributed by atoms with Crippen LogP contribution in [0, 0.1) is 0 Å². The molecule has 0 bridgehead atoms. The average molecular weight is 357 g/mol. The molecule has 132 valence electrons. The first-order chi connectivity index (χ1) is 12.2. The van der Waals surface area contributed by atoms with Crippen molar-refractivity contribution in [3.05, 3.63) is 47.8 Å². The molecule has 1 aliphatic heterocycles. The number of phenolic OH excluding ortho intramolecular Hbond substituents is 1. The first-order valence-corrected chi connectivity index (χ1v) is 9.85. The Balaban J connectivity index is 1.66. The maximum absolute atomic E-state index is 12.9. The number of aryl methyl sites for hydroxylation is 1. The molecular formula is C19H23N3O2S. The van der Waals surface area contributed by atoms with Gasteiger partial charge in [-0.2, -0.15) is 0 Å². The Bertz CT molecular complexity index is 704. The van der Waals surface area contributed by atoms with Crippen molar-refractivity contribution < 1.29 is 9.90 Å². The van der Waals surface area contributed by atoms with Gasteiger partial charge in [-0.05, 0) is 56.1 Å². The first kappa shape index (κ1) is 17.7. The highest BCUT2D eigenvalue weighted by molar-refractivity contribution is 7.98. The highest BCUT2D eigenvalue weighted by Gasteiger charge is 2.27. The van der Waals surface area contributed by atoms with Crippen molar-refractivity contribution in [1.29, 1.82) is 0 Å². The van der Waals surface area contributed by atoms with E-state index >= 15 is 0 Å². The molecule has 1 aliphatic rings. The maximum atomic E-state index is 12.9. The van der Waals surface area contributed by atoms with E-state index in [1.165, 1.54) is 17.3 Å². The standard InChI is InChI=1S/C19H23N3O2S/c1-25-19-20-12-15(13-21-19)18(24)22-11-3-2-4-16(22)8-5-14-6-9-17(23)10-7-14/h6-7,9-10,12-13,16,23H,2-5,8,11H2,1H3/t16-/m0/s1. The molecule has 1 fully saturated rings. The number of hydrogen-bond donors (Lipinski definition) is 1. The SMILES string of the molecule is CSc1ncc(C(=O)N2CCCC[C@H]2CCc2ccc(O)cc2)cn1. The van der Waals surface area contributed by atoms with Gasteiger partial charge in [0.25, 0.3) is 5.91 Å². The lowest BCUT2D eigenvalue weighted by molar-refractivity contribution is 0.0601. The van der Waals surface area contributed by atoms with Crippen LogP contribution in [0.15, 0.2) is 41.8 Å². The molecular weight excluding hydrogens is 334 g/mol. The van der Waals surface area contributed by atoms with Crippen LogP contribution in [0.1, 0.15) is 41.6 Å². The van der Waals surface area contributed by atoms with E-state index < -0.39 is 0 Å². The average Bonchev–Trinajstić information content (AvgIpc) is 2.67. The van der Waals surface area contributed by atoms with Gasteiger partial charge in [0.15, 0.2) is 5.16 Å². The fraction of sp³-hybridized carbons (Fsp3) is 0.421. The number of carbonyl (C=O) groups is 1. The highest BCUT2D eigenvalue weighted by atomic mass is 32.2. The molecule has 2 aromatic rings. The van der Waals surface area contributed by atoms with Gasteiger partial charge in [0.05, 0.1) is 5.56 Å². The largest absolute Gasteiger partial charge is 0.508 e. The zero-order valence-electron chi connectivity index (χ0n) is 14.4. The number of amides is 1. The van der Waals surface area contributed by atoms with E-state index in [4.69, 9.17) is 0 Å². The Morgan fingerprint density at radius 2 is 1.96 bits per heavy atom. The number of likely N-dealkylation sites (tertiary alicyclic amines) is 1. The second-order valence-corrected chi connectivity index (χ2v) is 7.09. The third-order valence-corrected chi connectivity index (χ3v) is 5.22. The Labute approximate surface area is 152 Å². The van der Waals surface area contributed by atoms with Crippen LogP contribution in [-0.4, -0.2) is 44.7 Å². The van der Waals surface area contributed by atoms with Crippen LogP contribution in [0.25, 0.3) is 0 Å². The Morgan fingerprint density at radius 1 is 1.24 bits per heavy atom. The van der Waals surface area contributed by atoms with Crippen LogP contribution in [0.5, 0.6) is 5.75 Å². The van der Waals surface area contributed by atoms with E-state index in [9.17, 15) is 9.90 Å². The van der Waals surface area contributed by atoms with Gasteiger partial charge in [-0.1, -0.05) is 23.9 Å². The normalized spacial score (nSPS) is 17.5. The highest BCUT2D eigenvalue weighted by Crippen LogP contribution is 2.24. The molecule has 6 heteroatoms. The third kappa shape index (κ3) is 4.51. The fourth-order valence-electron chi connectivity index (χ4n) is 3.26. The van der Waals surface area contributed by atoms with Gasteiger partial charge in [-0.15, -0.1) is 0 Å². The summed E-state index contributed by atoms with van der Waals surface area (Å²) in [6, 6.07) is 7.56. The summed E-state index contributed by atoms with van der Waals surface area (Å²) in [5.74, 6) is 0.315. The van der Waals surface area contributed by atoms with Crippen LogP contribution in [0.2, 0.25) is 0 Å². The van der Waals surface area contributed by atoms with Crippen LogP contribution in [-0.2, 0) is 6.42 Å². The monoisotopic (exact) mass is 357 g/mol. The van der Waals surface area contributed by atoms with Crippen LogP contribution in [0.3, 0.4) is 0 Å². The summed E-state index contributed by atoms with van der Waals surface area (Å²) in [5, 5.41) is 10.1. The Morgan fingerprint density at radius 3 is 2.64 bits per heavy atom. The number of piperidine rings is 1. The number of nitrogens with zero attached hydrogens (tertiary/aromatic N) is 3. The van der Waals surface area contributed by atoms with E-state index in [2.05, 4.69) is 9.97 Å². The summed E-state index contributed by atoms with van der Waals surface area (Å²) < 4.78 is 0. The van der Waals surface area contributed by atoms with Crippen LogP contribution < -0.4 is 0 Å². The molecule has 1 saturated heterocycles. The number of aromatic hydroxyl groups is 1. The molecule has 0 radical (unpaired) electrons. The third-order valence-electron chi connectivity index (χ3n) is 4.65. The van der Waals surface area contributed by atoms with Gasteiger partial charge in [-0.25, -0.2) is 9.97 Å². The van der Waals surface area contributed by atoms with Crippen molar-refractivity contribution in [1.82, 2.24) is 14.9 Å². The van der Waals surface area contributed by atoms with E-state index in [0.29, 0.717) is 10.7 Å². The molecule has 1 aromatic carbocycles. The van der Waals surface area contributed by atoms with Crippen molar-refractivity contribution in [3.8, 4) is 5.75 Å². The minimum absolute atomic E-state index is 0.0306. The molecule has 3 rings (SSSR count). The van der Waals surface area contributed by atoms with E-state index in [0.717, 1.165) is 38.6 Å². The van der Waals surface area contributed by atoms with E-state index in [1.807, 2.05) is 23.3 Å². The number of hydrogen-bond acceptors (Lipinski definition) is 5. The van der Waals surface area contributed by atoms with Crippen molar-refractivity contribution in [3.63, 3.8) is 0 Å². The molecule has 0 spiro atoms. The van der Waals surface area contributed by atoms with Gasteiger partial charge in [0.1, 0.15) is 5.75 Å². The lowest BCUT2D eigenvalue weighted by atomic mass is 9.95. The molecule has 1 aromatic heterocycles. The van der Waals surface area contributed by atoms with Gasteiger partial charge in [0, 0.05) is 25.0 Å². The Kier molecular flexibility index (Phi) is 5.91. The minimum Gasteiger partial charge on any atom is -0.508 e. The predicted molar refractivity (Wildman–Crippen MR) is 98.9 cm³/mol. The zero-order chi connectivity index (χ0) is 17.6. The second kappa shape index (κ2) is 8.34. The molecule has 1 atom stereocenters. The van der Waals surface area contributed by atoms with Crippen LogP contribution >= 0.6 is 11.8 Å². The van der Waals surface area contributed by atoms with Gasteiger partial charge in [0.2, 0.25) is 0 Å². The molecule has 25 heavy (non-hydrogen) atoms. The molecule has 5 nitrogen and oxygen atoms in total. The second-order valence-electron chi connectivity index (χ2n) is 6.31. The fourth-order valence-corrected chi connectivity index (χ4v) is 3.58. The smallest absolute Gasteiger partial charge is 0.257 e. The molecule has 0 aliphatic carbocycles. The van der Waals surface area contributed by atoms with Crippen molar-refractivity contribution >= 4 is 17.7 Å². The summed E-state index contributed by atoms with van der Waals surface area (Å²) in [6.45, 7) is 0.795. The molecule has 0 unspecified atom stereocenters. The summed E-state index contributed by atoms with van der Waals surface area (Å²) >= 11 is 1.47. The number of carbonyl (C=O) groups excluding carboxylic acids is 1. The number of benzene rings is 1. The van der Waals surface area contributed by atoms with Gasteiger partial charge < -0.3 is 10.0 Å². The zero-order valence-corrected chi connectivity index (χ0v) is 15.2. The van der Waals surface area contributed by atoms with Crippen molar-refractivity contribution in [2.45, 2.75) is 43.3 Å². The molecule has 1 N–H and O–H groups in total. The summed E-state index contributed by atoms with van der Waals surface area (Å²) in [5.41, 5.74) is 1.75. The van der Waals surface area contributed by atoms with Crippen molar-refractivity contribution in [2.75, 3.05) is 12.8 Å².